The van der Waals surface area contributed by atoms with E-state index in [1.807, 2.05) is 67.2 Å². The Bertz CT molecular complexity index is 1110. The van der Waals surface area contributed by atoms with Crippen LogP contribution in [0.25, 0.3) is 33.5 Å². The van der Waals surface area contributed by atoms with E-state index in [4.69, 9.17) is 12.1 Å². The number of hydrogen-bond acceptors (Lipinski definition) is 2. The van der Waals surface area contributed by atoms with Gasteiger partial charge < -0.3 is 4.42 Å². The van der Waals surface area contributed by atoms with E-state index in [9.17, 15) is 0 Å². The maximum atomic E-state index is 7.89. The first-order valence-electron chi connectivity index (χ1n) is 8.64. The van der Waals surface area contributed by atoms with E-state index >= 15 is 0 Å². The van der Waals surface area contributed by atoms with Gasteiger partial charge in [0, 0.05) is 19.8 Å². The molecule has 0 aliphatic heterocycles. The first kappa shape index (κ1) is 11.8. The zero-order valence-corrected chi connectivity index (χ0v) is 13.4. The second-order valence-corrected chi connectivity index (χ2v) is 5.76. The summed E-state index contributed by atoms with van der Waals surface area (Å²) in [6.45, 7) is 3.58. The largest absolute Gasteiger partial charge is 0.454 e. The summed E-state index contributed by atoms with van der Waals surface area (Å²) in [7, 11) is 1.92. The number of furan rings is 1. The minimum atomic E-state index is -1.37. The molecule has 4 aromatic rings. The van der Waals surface area contributed by atoms with Gasteiger partial charge in [0.2, 0.25) is 5.69 Å². The van der Waals surface area contributed by atoms with Crippen molar-refractivity contribution in [3.8, 4) is 11.4 Å². The highest BCUT2D eigenvalue weighted by atomic mass is 16.3. The zero-order chi connectivity index (χ0) is 17.8. The Morgan fingerprint density at radius 3 is 2.78 bits per heavy atom. The first-order chi connectivity index (χ1) is 11.8. The van der Waals surface area contributed by atoms with Crippen LogP contribution in [-0.4, -0.2) is 4.98 Å². The lowest BCUT2D eigenvalue weighted by atomic mass is 10.1. The lowest BCUT2D eigenvalue weighted by molar-refractivity contribution is -0.661. The summed E-state index contributed by atoms with van der Waals surface area (Å²) in [6.07, 6.45) is 0.456. The fourth-order valence-electron chi connectivity index (χ4n) is 2.99. The van der Waals surface area contributed by atoms with Gasteiger partial charge in [0.25, 0.3) is 0 Å². The Labute approximate surface area is 138 Å². The monoisotopic (exact) mass is 305 g/mol. The molecular weight excluding hydrogens is 284 g/mol. The van der Waals surface area contributed by atoms with E-state index in [2.05, 4.69) is 0 Å². The van der Waals surface area contributed by atoms with E-state index in [1.165, 1.54) is 0 Å². The third-order valence-corrected chi connectivity index (χ3v) is 4.20. The fraction of sp³-hybridized carbons (Fsp3) is 0.200. The van der Waals surface area contributed by atoms with Gasteiger partial charge in [-0.15, -0.1) is 0 Å². The highest BCUT2D eigenvalue weighted by molar-refractivity contribution is 6.03. The van der Waals surface area contributed by atoms with Gasteiger partial charge in [-0.3, -0.25) is 0 Å². The molecule has 0 saturated heterocycles. The lowest BCUT2D eigenvalue weighted by Gasteiger charge is -2.05. The number of para-hydroxylation sites is 1. The predicted octanol–water partition coefficient (Wildman–Crippen LogP) is 4.34. The molecule has 3 aromatic heterocycles. The molecule has 0 aliphatic carbocycles. The molecule has 0 fully saturated rings. The van der Waals surface area contributed by atoms with Crippen molar-refractivity contribution in [1.82, 2.24) is 4.98 Å². The Kier molecular flexibility index (Phi) is 2.67. The van der Waals surface area contributed by atoms with Gasteiger partial charge in [0.05, 0.1) is 0 Å². The number of aromatic nitrogens is 2. The van der Waals surface area contributed by atoms with Crippen LogP contribution >= 0.6 is 0 Å². The van der Waals surface area contributed by atoms with Crippen molar-refractivity contribution in [2.75, 3.05) is 0 Å². The van der Waals surface area contributed by atoms with E-state index < -0.39 is 6.37 Å². The quantitative estimate of drug-likeness (QED) is 0.516. The molecule has 0 bridgehead atoms. The molecule has 114 valence electrons. The summed E-state index contributed by atoms with van der Waals surface area (Å²) < 4.78 is 23.6. The molecule has 3 heterocycles. The molecule has 3 nitrogen and oxygen atoms in total. The summed E-state index contributed by atoms with van der Waals surface area (Å²) >= 11 is 0. The predicted molar refractivity (Wildman–Crippen MR) is 92.2 cm³/mol. The van der Waals surface area contributed by atoms with E-state index in [0.717, 1.165) is 39.0 Å². The van der Waals surface area contributed by atoms with Crippen molar-refractivity contribution in [2.45, 2.75) is 20.2 Å². The zero-order valence-electron chi connectivity index (χ0n) is 15.4. The van der Waals surface area contributed by atoms with Crippen molar-refractivity contribution in [2.24, 2.45) is 7.05 Å². The average molecular weight is 305 g/mol. The molecule has 0 aliphatic rings. The van der Waals surface area contributed by atoms with E-state index in [0.29, 0.717) is 5.56 Å². The van der Waals surface area contributed by atoms with Crippen LogP contribution in [0.1, 0.15) is 20.8 Å². The molecule has 0 atom stereocenters. The number of hydrogen-bond donors (Lipinski definition) is 0. The average Bonchev–Trinajstić information content (AvgIpc) is 2.90. The summed E-state index contributed by atoms with van der Waals surface area (Å²) in [5.74, 6) is 0. The van der Waals surface area contributed by atoms with Crippen molar-refractivity contribution in [3.05, 3.63) is 59.8 Å². The smallest absolute Gasteiger partial charge is 0.231 e. The number of rotatable bonds is 2. The molecule has 4 rings (SSSR count). The van der Waals surface area contributed by atoms with Gasteiger partial charge >= 0.3 is 0 Å². The highest BCUT2D eigenvalue weighted by Crippen LogP contribution is 2.30. The molecule has 0 radical (unpaired) electrons. The third-order valence-electron chi connectivity index (χ3n) is 4.20. The number of fused-ring (bicyclic) bond motifs is 3. The van der Waals surface area contributed by atoms with Gasteiger partial charge in [-0.05, 0) is 43.1 Å². The van der Waals surface area contributed by atoms with Crippen molar-refractivity contribution >= 4 is 22.1 Å². The topological polar surface area (TPSA) is 29.9 Å². The molecule has 0 spiro atoms. The number of pyridine rings is 2. The number of benzene rings is 1. The van der Waals surface area contributed by atoms with Gasteiger partial charge in [-0.1, -0.05) is 19.1 Å². The summed E-state index contributed by atoms with van der Waals surface area (Å²) in [5.41, 5.74) is 5.96. The maximum absolute atomic E-state index is 7.89. The maximum Gasteiger partial charge on any atom is 0.231 e. The molecule has 0 amide bonds. The highest BCUT2D eigenvalue weighted by Gasteiger charge is 2.18. The summed E-state index contributed by atoms with van der Waals surface area (Å²) in [6, 6.07) is 13.7. The molecular formula is C20H19N2O+. The van der Waals surface area contributed by atoms with Crippen LogP contribution in [0.3, 0.4) is 0 Å². The number of aryl methyl sites for hydroxylation is 3. The van der Waals surface area contributed by atoms with Gasteiger partial charge in [0.1, 0.15) is 23.8 Å². The normalized spacial score (nSPS) is 13.3. The first-order valence-corrected chi connectivity index (χ1v) is 7.64. The Hall–Kier alpha value is -2.68. The van der Waals surface area contributed by atoms with E-state index in [1.54, 1.807) is 6.92 Å². The van der Waals surface area contributed by atoms with Crippen LogP contribution in [0.4, 0.5) is 0 Å². The van der Waals surface area contributed by atoms with Crippen LogP contribution in [0.2, 0.25) is 0 Å². The Morgan fingerprint density at radius 1 is 1.17 bits per heavy atom. The second-order valence-electron chi connectivity index (χ2n) is 5.76. The second kappa shape index (κ2) is 5.20. The SMILES string of the molecule is [2H]C([2H])(C)c1ccc(-c2nc3c(cc2C)oc2ccccc23)[n+](C)c1. The minimum Gasteiger partial charge on any atom is -0.454 e. The fourth-order valence-corrected chi connectivity index (χ4v) is 2.99. The van der Waals surface area contributed by atoms with Gasteiger partial charge in [-0.2, -0.15) is 4.57 Å². The molecule has 1 aromatic carbocycles. The van der Waals surface area contributed by atoms with Crippen LogP contribution in [0, 0.1) is 6.92 Å². The lowest BCUT2D eigenvalue weighted by Crippen LogP contribution is -2.31. The Morgan fingerprint density at radius 2 is 2.00 bits per heavy atom. The molecule has 0 unspecified atom stereocenters. The van der Waals surface area contributed by atoms with Crippen LogP contribution in [-0.2, 0) is 13.4 Å². The minimum absolute atomic E-state index is 0.645. The standard InChI is InChI=1S/C20H19N2O/c1-4-14-9-10-16(22(3)12-14)19-13(2)11-18-20(21-19)15-7-5-6-8-17(15)23-18/h5-12H,4H2,1-3H3/q+1/i4D2. The Balaban J connectivity index is 1.94. The van der Waals surface area contributed by atoms with Crippen molar-refractivity contribution < 1.29 is 11.7 Å². The third kappa shape index (κ3) is 2.20. The van der Waals surface area contributed by atoms with Crippen LogP contribution in [0.15, 0.2) is 53.1 Å². The summed E-state index contributed by atoms with van der Waals surface area (Å²) in [5, 5.41) is 1.00. The molecule has 0 N–H and O–H groups in total. The van der Waals surface area contributed by atoms with Crippen LogP contribution < -0.4 is 4.57 Å². The van der Waals surface area contributed by atoms with Gasteiger partial charge in [0.15, 0.2) is 11.8 Å². The molecule has 3 heteroatoms. The number of nitrogens with zero attached hydrogens (tertiary/aromatic N) is 2. The van der Waals surface area contributed by atoms with E-state index in [-0.39, 0.29) is 0 Å². The van der Waals surface area contributed by atoms with Crippen molar-refractivity contribution in [1.29, 1.82) is 0 Å². The molecule has 0 saturated carbocycles. The van der Waals surface area contributed by atoms with Gasteiger partial charge in [-0.25, -0.2) is 4.98 Å². The van der Waals surface area contributed by atoms with Crippen LogP contribution in [0.5, 0.6) is 0 Å². The summed E-state index contributed by atoms with van der Waals surface area (Å²) in [4.78, 5) is 4.88. The molecule has 23 heavy (non-hydrogen) atoms. The van der Waals surface area contributed by atoms with Crippen molar-refractivity contribution in [3.63, 3.8) is 0 Å².